The van der Waals surface area contributed by atoms with E-state index in [1.165, 1.54) is 6.08 Å². The first-order chi connectivity index (χ1) is 11.0. The molecule has 0 aliphatic carbocycles. The Balaban J connectivity index is 2.04. The van der Waals surface area contributed by atoms with E-state index in [-0.39, 0.29) is 12.0 Å². The molecule has 0 saturated carbocycles. The normalized spacial score (nSPS) is 11.0. The van der Waals surface area contributed by atoms with Gasteiger partial charge in [0.05, 0.1) is 11.8 Å². The van der Waals surface area contributed by atoms with E-state index in [4.69, 9.17) is 10.5 Å². The maximum absolute atomic E-state index is 12.0. The molecule has 4 heteroatoms. The van der Waals surface area contributed by atoms with Gasteiger partial charge in [0.2, 0.25) is 5.91 Å². The molecule has 2 aromatic carbocycles. The molecule has 0 heterocycles. The first kappa shape index (κ1) is 16.6. The van der Waals surface area contributed by atoms with E-state index in [0.717, 1.165) is 16.8 Å². The fraction of sp³-hybridized carbons (Fsp3) is 0.211. The fourth-order valence-electron chi connectivity index (χ4n) is 2.09. The number of rotatable bonds is 5. The molecule has 0 atom stereocenters. The van der Waals surface area contributed by atoms with E-state index < -0.39 is 0 Å². The lowest BCUT2D eigenvalue weighted by atomic mass is 10.1. The van der Waals surface area contributed by atoms with Crippen LogP contribution in [-0.4, -0.2) is 12.0 Å². The van der Waals surface area contributed by atoms with Gasteiger partial charge in [-0.2, -0.15) is 0 Å². The van der Waals surface area contributed by atoms with Gasteiger partial charge in [0.15, 0.2) is 0 Å². The van der Waals surface area contributed by atoms with Crippen molar-refractivity contribution in [2.75, 3.05) is 11.1 Å². The molecule has 0 aliphatic heterocycles. The number of amides is 1. The summed E-state index contributed by atoms with van der Waals surface area (Å²) in [5.74, 6) is 0.474. The average Bonchev–Trinajstić information content (AvgIpc) is 2.49. The maximum atomic E-state index is 12.0. The highest BCUT2D eigenvalue weighted by atomic mass is 16.5. The Hall–Kier alpha value is -2.75. The second-order valence-corrected chi connectivity index (χ2v) is 5.60. The van der Waals surface area contributed by atoms with Gasteiger partial charge in [0.1, 0.15) is 5.75 Å². The van der Waals surface area contributed by atoms with Crippen LogP contribution in [0.5, 0.6) is 5.75 Å². The van der Waals surface area contributed by atoms with Crippen molar-refractivity contribution < 1.29 is 9.53 Å². The zero-order chi connectivity index (χ0) is 16.8. The van der Waals surface area contributed by atoms with Crippen LogP contribution in [0.25, 0.3) is 6.08 Å². The maximum Gasteiger partial charge on any atom is 0.248 e. The number of benzene rings is 2. The lowest BCUT2D eigenvalue weighted by molar-refractivity contribution is -0.111. The minimum Gasteiger partial charge on any atom is -0.489 e. The lowest BCUT2D eigenvalue weighted by Gasteiger charge is -2.12. The monoisotopic (exact) mass is 310 g/mol. The molecule has 120 valence electrons. The van der Waals surface area contributed by atoms with Crippen molar-refractivity contribution in [1.29, 1.82) is 0 Å². The number of carbonyl (C=O) groups excluding carboxylic acids is 1. The number of carbonyl (C=O) groups is 1. The molecule has 2 rings (SSSR count). The van der Waals surface area contributed by atoms with E-state index in [9.17, 15) is 4.79 Å². The van der Waals surface area contributed by atoms with Crippen LogP contribution < -0.4 is 15.8 Å². The fourth-order valence-corrected chi connectivity index (χ4v) is 2.09. The molecule has 0 aromatic heterocycles. The molecule has 0 radical (unpaired) electrons. The van der Waals surface area contributed by atoms with Crippen LogP contribution in [-0.2, 0) is 4.79 Å². The first-order valence-corrected chi connectivity index (χ1v) is 7.56. The van der Waals surface area contributed by atoms with Crippen molar-refractivity contribution in [3.8, 4) is 5.75 Å². The predicted octanol–water partition coefficient (Wildman–Crippen LogP) is 4.02. The Morgan fingerprint density at radius 1 is 1.22 bits per heavy atom. The van der Waals surface area contributed by atoms with Gasteiger partial charge in [-0.15, -0.1) is 0 Å². The molecule has 2 aromatic rings. The number of aryl methyl sites for hydroxylation is 1. The van der Waals surface area contributed by atoms with E-state index in [1.807, 2.05) is 57.2 Å². The third kappa shape index (κ3) is 4.88. The number of hydrogen-bond acceptors (Lipinski definition) is 3. The average molecular weight is 310 g/mol. The third-order valence-corrected chi connectivity index (χ3v) is 3.23. The molecule has 3 N–H and O–H groups in total. The smallest absolute Gasteiger partial charge is 0.248 e. The molecule has 4 nitrogen and oxygen atoms in total. The number of hydrogen-bond donors (Lipinski definition) is 2. The molecule has 0 unspecified atom stereocenters. The van der Waals surface area contributed by atoms with Crippen molar-refractivity contribution >= 4 is 23.4 Å². The Morgan fingerprint density at radius 2 is 1.96 bits per heavy atom. The van der Waals surface area contributed by atoms with Crippen molar-refractivity contribution in [3.63, 3.8) is 0 Å². The van der Waals surface area contributed by atoms with E-state index >= 15 is 0 Å². The van der Waals surface area contributed by atoms with E-state index in [0.29, 0.717) is 11.4 Å². The summed E-state index contributed by atoms with van der Waals surface area (Å²) in [7, 11) is 0. The molecule has 23 heavy (non-hydrogen) atoms. The number of anilines is 2. The van der Waals surface area contributed by atoms with Crippen LogP contribution in [0.4, 0.5) is 11.4 Å². The van der Waals surface area contributed by atoms with Gasteiger partial charge in [-0.05, 0) is 56.2 Å². The summed E-state index contributed by atoms with van der Waals surface area (Å²) in [6.45, 7) is 5.85. The van der Waals surface area contributed by atoms with Gasteiger partial charge in [-0.25, -0.2) is 0 Å². The summed E-state index contributed by atoms with van der Waals surface area (Å²) in [5.41, 5.74) is 9.19. The van der Waals surface area contributed by atoms with Crippen LogP contribution in [0.3, 0.4) is 0 Å². The van der Waals surface area contributed by atoms with Gasteiger partial charge < -0.3 is 15.8 Å². The number of nitrogens with two attached hydrogens (primary N) is 1. The van der Waals surface area contributed by atoms with Gasteiger partial charge in [0.25, 0.3) is 0 Å². The standard InChI is InChI=1S/C19H22N2O2/c1-13(2)23-18-10-8-15(12-16(18)20)9-11-19(22)21-17-7-5-4-6-14(17)3/h4-13H,20H2,1-3H3,(H,21,22)/b11-9-. The molecule has 0 spiro atoms. The van der Waals surface area contributed by atoms with Crippen LogP contribution in [0, 0.1) is 6.92 Å². The zero-order valence-electron chi connectivity index (χ0n) is 13.7. The number of para-hydroxylation sites is 1. The predicted molar refractivity (Wildman–Crippen MR) is 95.5 cm³/mol. The second-order valence-electron chi connectivity index (χ2n) is 5.60. The number of nitrogen functional groups attached to an aromatic ring is 1. The first-order valence-electron chi connectivity index (χ1n) is 7.56. The van der Waals surface area contributed by atoms with Gasteiger partial charge in [-0.1, -0.05) is 24.3 Å². The summed E-state index contributed by atoms with van der Waals surface area (Å²) >= 11 is 0. The Bertz CT molecular complexity index is 721. The summed E-state index contributed by atoms with van der Waals surface area (Å²) in [5, 5.41) is 2.85. The van der Waals surface area contributed by atoms with Gasteiger partial charge >= 0.3 is 0 Å². The zero-order valence-corrected chi connectivity index (χ0v) is 13.7. The second kappa shape index (κ2) is 7.49. The summed E-state index contributed by atoms with van der Waals surface area (Å²) in [6.07, 6.45) is 3.28. The highest BCUT2D eigenvalue weighted by Gasteiger charge is 2.04. The van der Waals surface area contributed by atoms with Crippen LogP contribution in [0.1, 0.15) is 25.0 Å². The van der Waals surface area contributed by atoms with Gasteiger partial charge in [0, 0.05) is 11.8 Å². The molecule has 0 bridgehead atoms. The van der Waals surface area contributed by atoms with E-state index in [2.05, 4.69) is 5.32 Å². The summed E-state index contributed by atoms with van der Waals surface area (Å²) in [6, 6.07) is 13.1. The molecular weight excluding hydrogens is 288 g/mol. The highest BCUT2D eigenvalue weighted by Crippen LogP contribution is 2.24. The van der Waals surface area contributed by atoms with E-state index in [1.54, 1.807) is 12.1 Å². The minimum absolute atomic E-state index is 0.0681. The number of nitrogens with one attached hydrogen (secondary N) is 1. The van der Waals surface area contributed by atoms with Crippen molar-refractivity contribution in [2.45, 2.75) is 26.9 Å². The minimum atomic E-state index is -0.180. The number of ether oxygens (including phenoxy) is 1. The molecule has 0 fully saturated rings. The third-order valence-electron chi connectivity index (χ3n) is 3.23. The molecule has 0 saturated heterocycles. The van der Waals surface area contributed by atoms with Gasteiger partial charge in [-0.3, -0.25) is 4.79 Å². The Morgan fingerprint density at radius 3 is 2.61 bits per heavy atom. The summed E-state index contributed by atoms with van der Waals surface area (Å²) < 4.78 is 5.59. The summed E-state index contributed by atoms with van der Waals surface area (Å²) in [4.78, 5) is 12.0. The van der Waals surface area contributed by atoms with Crippen molar-refractivity contribution in [1.82, 2.24) is 0 Å². The Kier molecular flexibility index (Phi) is 5.41. The quantitative estimate of drug-likeness (QED) is 0.647. The molecular formula is C19H22N2O2. The SMILES string of the molecule is Cc1ccccc1NC(=O)/C=C\c1ccc(OC(C)C)c(N)c1. The highest BCUT2D eigenvalue weighted by molar-refractivity contribution is 6.02. The Labute approximate surface area is 137 Å². The lowest BCUT2D eigenvalue weighted by Crippen LogP contribution is -2.09. The van der Waals surface area contributed by atoms with Crippen LogP contribution >= 0.6 is 0 Å². The van der Waals surface area contributed by atoms with Crippen LogP contribution in [0.2, 0.25) is 0 Å². The van der Waals surface area contributed by atoms with Crippen LogP contribution in [0.15, 0.2) is 48.5 Å². The molecule has 1 amide bonds. The molecule has 0 aliphatic rings. The van der Waals surface area contributed by atoms with Crippen molar-refractivity contribution in [3.05, 3.63) is 59.7 Å². The topological polar surface area (TPSA) is 64.3 Å². The van der Waals surface area contributed by atoms with Crippen molar-refractivity contribution in [2.24, 2.45) is 0 Å². The largest absolute Gasteiger partial charge is 0.489 e.